The Labute approximate surface area is 121 Å². The first kappa shape index (κ1) is 15.8. The average molecular weight is 282 g/mol. The Morgan fingerprint density at radius 3 is 2.53 bits per heavy atom. The summed E-state index contributed by atoms with van der Waals surface area (Å²) in [6.07, 6.45) is 2.07. The van der Waals surface area contributed by atoms with Crippen LogP contribution >= 0.6 is 11.6 Å². The number of benzene rings is 1. The van der Waals surface area contributed by atoms with Crippen LogP contribution in [0.15, 0.2) is 29.3 Å². The van der Waals surface area contributed by atoms with Crippen LogP contribution < -0.4 is 10.6 Å². The molecular formula is C15H24ClN3. The molecular weight excluding hydrogens is 258 g/mol. The van der Waals surface area contributed by atoms with E-state index in [1.807, 2.05) is 12.1 Å². The number of hydrogen-bond donors (Lipinski definition) is 2. The van der Waals surface area contributed by atoms with Gasteiger partial charge in [-0.2, -0.15) is 0 Å². The van der Waals surface area contributed by atoms with E-state index < -0.39 is 0 Å². The second-order valence-corrected chi connectivity index (χ2v) is 5.23. The largest absolute Gasteiger partial charge is 0.357 e. The fourth-order valence-corrected chi connectivity index (χ4v) is 1.84. The molecule has 0 aromatic heterocycles. The zero-order valence-electron chi connectivity index (χ0n) is 12.0. The Morgan fingerprint density at radius 2 is 1.95 bits per heavy atom. The summed E-state index contributed by atoms with van der Waals surface area (Å²) in [4.78, 5) is 4.55. The minimum atomic E-state index is 0.397. The van der Waals surface area contributed by atoms with Gasteiger partial charge in [-0.1, -0.05) is 23.7 Å². The molecule has 1 aromatic rings. The van der Waals surface area contributed by atoms with E-state index in [9.17, 15) is 0 Å². The van der Waals surface area contributed by atoms with Gasteiger partial charge in [0.05, 0.1) is 0 Å². The first-order valence-electron chi connectivity index (χ1n) is 6.91. The van der Waals surface area contributed by atoms with Gasteiger partial charge in [-0.3, -0.25) is 4.99 Å². The fourth-order valence-electron chi connectivity index (χ4n) is 1.72. The molecule has 1 aromatic carbocycles. The molecule has 0 heterocycles. The molecule has 2 N–H and O–H groups in total. The molecule has 0 bridgehead atoms. The number of nitrogens with one attached hydrogen (secondary N) is 2. The Morgan fingerprint density at radius 1 is 1.26 bits per heavy atom. The SMILES string of the molecule is CCNC(=NCCCc1ccc(Cl)cc1)NC(C)C. The molecule has 0 saturated carbocycles. The lowest BCUT2D eigenvalue weighted by Crippen LogP contribution is -2.41. The van der Waals surface area contributed by atoms with Gasteiger partial charge in [-0.05, 0) is 51.3 Å². The zero-order valence-corrected chi connectivity index (χ0v) is 12.8. The van der Waals surface area contributed by atoms with Gasteiger partial charge in [-0.25, -0.2) is 0 Å². The number of rotatable bonds is 6. The van der Waals surface area contributed by atoms with Crippen LogP contribution in [0.2, 0.25) is 5.02 Å². The summed E-state index contributed by atoms with van der Waals surface area (Å²) >= 11 is 5.86. The highest BCUT2D eigenvalue weighted by molar-refractivity contribution is 6.30. The van der Waals surface area contributed by atoms with E-state index in [-0.39, 0.29) is 0 Å². The summed E-state index contributed by atoms with van der Waals surface area (Å²) < 4.78 is 0. The first-order valence-corrected chi connectivity index (χ1v) is 7.29. The van der Waals surface area contributed by atoms with Crippen LogP contribution in [-0.2, 0) is 6.42 Å². The lowest BCUT2D eigenvalue weighted by Gasteiger charge is -2.13. The van der Waals surface area contributed by atoms with Crippen molar-refractivity contribution in [3.63, 3.8) is 0 Å². The Kier molecular flexibility index (Phi) is 7.34. The highest BCUT2D eigenvalue weighted by Crippen LogP contribution is 2.10. The van der Waals surface area contributed by atoms with Crippen LogP contribution in [0, 0.1) is 0 Å². The van der Waals surface area contributed by atoms with Crippen molar-refractivity contribution in [3.8, 4) is 0 Å². The quantitative estimate of drug-likeness (QED) is 0.477. The molecule has 0 saturated heterocycles. The normalized spacial score (nSPS) is 11.7. The molecule has 1 rings (SSSR count). The average Bonchev–Trinajstić information content (AvgIpc) is 2.36. The number of nitrogens with zero attached hydrogens (tertiary/aromatic N) is 1. The van der Waals surface area contributed by atoms with Crippen molar-refractivity contribution >= 4 is 17.6 Å². The van der Waals surface area contributed by atoms with Crippen molar-refractivity contribution in [3.05, 3.63) is 34.9 Å². The predicted octanol–water partition coefficient (Wildman–Crippen LogP) is 3.24. The summed E-state index contributed by atoms with van der Waals surface area (Å²) in [6, 6.07) is 8.41. The lowest BCUT2D eigenvalue weighted by atomic mass is 10.1. The van der Waals surface area contributed by atoms with Gasteiger partial charge >= 0.3 is 0 Å². The molecule has 0 amide bonds. The van der Waals surface area contributed by atoms with Crippen LogP contribution in [0.4, 0.5) is 0 Å². The van der Waals surface area contributed by atoms with Crippen LogP contribution in [0.3, 0.4) is 0 Å². The number of aryl methyl sites for hydroxylation is 1. The maximum Gasteiger partial charge on any atom is 0.191 e. The van der Waals surface area contributed by atoms with Gasteiger partial charge in [0, 0.05) is 24.2 Å². The molecule has 0 spiro atoms. The molecule has 19 heavy (non-hydrogen) atoms. The van der Waals surface area contributed by atoms with E-state index in [1.54, 1.807) is 0 Å². The Hall–Kier alpha value is -1.22. The maximum atomic E-state index is 5.86. The Balaban J connectivity index is 2.35. The third kappa shape index (κ3) is 7.06. The van der Waals surface area contributed by atoms with Crippen molar-refractivity contribution in [2.75, 3.05) is 13.1 Å². The van der Waals surface area contributed by atoms with Gasteiger partial charge in [-0.15, -0.1) is 0 Å². The monoisotopic (exact) mass is 281 g/mol. The lowest BCUT2D eigenvalue weighted by molar-refractivity contribution is 0.696. The predicted molar refractivity (Wildman–Crippen MR) is 84.0 cm³/mol. The van der Waals surface area contributed by atoms with Crippen LogP contribution in [0.1, 0.15) is 32.8 Å². The van der Waals surface area contributed by atoms with E-state index in [4.69, 9.17) is 11.6 Å². The van der Waals surface area contributed by atoms with E-state index in [0.29, 0.717) is 6.04 Å². The zero-order chi connectivity index (χ0) is 14.1. The molecule has 0 aliphatic heterocycles. The highest BCUT2D eigenvalue weighted by atomic mass is 35.5. The Bertz CT molecular complexity index is 385. The summed E-state index contributed by atoms with van der Waals surface area (Å²) in [6.45, 7) is 8.01. The standard InChI is InChI=1S/C15H24ClN3/c1-4-17-15(19-12(2)3)18-11-5-6-13-7-9-14(16)10-8-13/h7-10,12H,4-6,11H2,1-3H3,(H2,17,18,19). The summed E-state index contributed by atoms with van der Waals surface area (Å²) in [5.41, 5.74) is 1.31. The van der Waals surface area contributed by atoms with Gasteiger partial charge < -0.3 is 10.6 Å². The maximum absolute atomic E-state index is 5.86. The number of aliphatic imine (C=N–C) groups is 1. The van der Waals surface area contributed by atoms with Gasteiger partial charge in [0.1, 0.15) is 0 Å². The second-order valence-electron chi connectivity index (χ2n) is 4.79. The van der Waals surface area contributed by atoms with E-state index in [1.165, 1.54) is 5.56 Å². The van der Waals surface area contributed by atoms with Crippen LogP contribution in [0.5, 0.6) is 0 Å². The minimum Gasteiger partial charge on any atom is -0.357 e. The molecule has 106 valence electrons. The topological polar surface area (TPSA) is 36.4 Å². The molecule has 0 radical (unpaired) electrons. The van der Waals surface area contributed by atoms with Crippen molar-refractivity contribution in [1.82, 2.24) is 10.6 Å². The molecule has 0 unspecified atom stereocenters. The fraction of sp³-hybridized carbons (Fsp3) is 0.533. The van der Waals surface area contributed by atoms with Crippen molar-refractivity contribution < 1.29 is 0 Å². The van der Waals surface area contributed by atoms with Crippen LogP contribution in [-0.4, -0.2) is 25.1 Å². The van der Waals surface area contributed by atoms with Crippen LogP contribution in [0.25, 0.3) is 0 Å². The summed E-state index contributed by atoms with van der Waals surface area (Å²) in [5.74, 6) is 0.897. The third-order valence-corrected chi connectivity index (χ3v) is 2.83. The van der Waals surface area contributed by atoms with Gasteiger partial charge in [0.2, 0.25) is 0 Å². The molecule has 3 nitrogen and oxygen atoms in total. The molecule has 0 atom stereocenters. The minimum absolute atomic E-state index is 0.397. The highest BCUT2D eigenvalue weighted by Gasteiger charge is 1.99. The van der Waals surface area contributed by atoms with Gasteiger partial charge in [0.25, 0.3) is 0 Å². The first-order chi connectivity index (χ1) is 9.11. The van der Waals surface area contributed by atoms with Crippen molar-refractivity contribution in [2.24, 2.45) is 4.99 Å². The molecule has 0 fully saturated rings. The number of hydrogen-bond acceptors (Lipinski definition) is 1. The molecule has 0 aliphatic carbocycles. The molecule has 0 aliphatic rings. The number of guanidine groups is 1. The second kappa shape index (κ2) is 8.81. The molecule has 4 heteroatoms. The third-order valence-electron chi connectivity index (χ3n) is 2.58. The van der Waals surface area contributed by atoms with E-state index in [0.717, 1.165) is 36.9 Å². The summed E-state index contributed by atoms with van der Waals surface area (Å²) in [5, 5.41) is 7.34. The van der Waals surface area contributed by atoms with Gasteiger partial charge in [0.15, 0.2) is 5.96 Å². The number of halogens is 1. The van der Waals surface area contributed by atoms with E-state index in [2.05, 4.69) is 48.5 Å². The summed E-state index contributed by atoms with van der Waals surface area (Å²) in [7, 11) is 0. The van der Waals surface area contributed by atoms with E-state index >= 15 is 0 Å². The van der Waals surface area contributed by atoms with Crippen molar-refractivity contribution in [2.45, 2.75) is 39.7 Å². The van der Waals surface area contributed by atoms with Crippen molar-refractivity contribution in [1.29, 1.82) is 0 Å². The smallest absolute Gasteiger partial charge is 0.191 e.